The Morgan fingerprint density at radius 1 is 1.29 bits per heavy atom. The van der Waals surface area contributed by atoms with Crippen LogP contribution in [0.5, 0.6) is 0 Å². The molecule has 0 aliphatic rings. The van der Waals surface area contributed by atoms with Gasteiger partial charge in [0.25, 0.3) is 0 Å². The molecule has 1 N–H and O–H groups in total. The molecular formula is C13H12ClFN2. The summed E-state index contributed by atoms with van der Waals surface area (Å²) in [6.07, 6.45) is 1.77. The molecule has 1 aromatic carbocycles. The number of nitrogens with zero attached hydrogens (tertiary/aromatic N) is 1. The standard InChI is InChI=1S/C13H12ClFN2/c1-16-7-9-2-3-13(17-8-9)10-4-11(14)6-12(15)5-10/h2-6,8,16H,7H2,1H3. The van der Waals surface area contributed by atoms with Crippen LogP contribution in [0.25, 0.3) is 11.3 Å². The van der Waals surface area contributed by atoms with E-state index < -0.39 is 0 Å². The highest BCUT2D eigenvalue weighted by Gasteiger charge is 2.03. The molecular weight excluding hydrogens is 239 g/mol. The molecule has 0 radical (unpaired) electrons. The van der Waals surface area contributed by atoms with E-state index in [1.807, 2.05) is 19.2 Å². The van der Waals surface area contributed by atoms with Gasteiger partial charge >= 0.3 is 0 Å². The maximum Gasteiger partial charge on any atom is 0.125 e. The molecule has 17 heavy (non-hydrogen) atoms. The van der Waals surface area contributed by atoms with Crippen molar-refractivity contribution in [3.05, 3.63) is 52.9 Å². The lowest BCUT2D eigenvalue weighted by atomic mass is 10.1. The molecule has 0 atom stereocenters. The van der Waals surface area contributed by atoms with Gasteiger partial charge < -0.3 is 5.32 Å². The summed E-state index contributed by atoms with van der Waals surface area (Å²) >= 11 is 5.80. The molecule has 0 amide bonds. The maximum atomic E-state index is 13.2. The number of nitrogens with one attached hydrogen (secondary N) is 1. The molecule has 0 saturated heterocycles. The normalized spacial score (nSPS) is 10.5. The topological polar surface area (TPSA) is 24.9 Å². The molecule has 1 heterocycles. The van der Waals surface area contributed by atoms with Crippen LogP contribution in [0, 0.1) is 5.82 Å². The van der Waals surface area contributed by atoms with Gasteiger partial charge in [0.1, 0.15) is 5.82 Å². The molecule has 0 fully saturated rings. The van der Waals surface area contributed by atoms with E-state index in [4.69, 9.17) is 11.6 Å². The monoisotopic (exact) mass is 250 g/mol. The third-order valence-electron chi connectivity index (χ3n) is 2.36. The Morgan fingerprint density at radius 3 is 2.71 bits per heavy atom. The smallest absolute Gasteiger partial charge is 0.125 e. The minimum atomic E-state index is -0.353. The SMILES string of the molecule is CNCc1ccc(-c2cc(F)cc(Cl)c2)nc1. The van der Waals surface area contributed by atoms with Crippen molar-refractivity contribution in [2.75, 3.05) is 7.05 Å². The second-order valence-electron chi connectivity index (χ2n) is 3.74. The Labute approximate surface area is 104 Å². The first-order valence-electron chi connectivity index (χ1n) is 5.25. The molecule has 0 bridgehead atoms. The average molecular weight is 251 g/mol. The predicted molar refractivity (Wildman–Crippen MR) is 67.4 cm³/mol. The van der Waals surface area contributed by atoms with Gasteiger partial charge in [-0.1, -0.05) is 17.7 Å². The minimum absolute atomic E-state index is 0.353. The van der Waals surface area contributed by atoms with Crippen LogP contribution < -0.4 is 5.32 Å². The highest BCUT2D eigenvalue weighted by Crippen LogP contribution is 2.22. The molecule has 0 unspecified atom stereocenters. The number of pyridine rings is 1. The van der Waals surface area contributed by atoms with Crippen LogP contribution in [0.4, 0.5) is 4.39 Å². The fourth-order valence-electron chi connectivity index (χ4n) is 1.61. The van der Waals surface area contributed by atoms with Gasteiger partial charge in [-0.2, -0.15) is 0 Å². The zero-order valence-corrected chi connectivity index (χ0v) is 10.1. The molecule has 2 nitrogen and oxygen atoms in total. The summed E-state index contributed by atoms with van der Waals surface area (Å²) in [5.41, 5.74) is 2.48. The van der Waals surface area contributed by atoms with E-state index in [2.05, 4.69) is 10.3 Å². The second kappa shape index (κ2) is 5.25. The number of rotatable bonds is 3. The Bertz CT molecular complexity index is 491. The van der Waals surface area contributed by atoms with Crippen LogP contribution in [0.2, 0.25) is 5.02 Å². The number of hydrogen-bond donors (Lipinski definition) is 1. The fourth-order valence-corrected chi connectivity index (χ4v) is 1.83. The van der Waals surface area contributed by atoms with Crippen LogP contribution in [-0.4, -0.2) is 12.0 Å². The number of hydrogen-bond acceptors (Lipinski definition) is 2. The summed E-state index contributed by atoms with van der Waals surface area (Å²) in [7, 11) is 1.88. The first-order valence-corrected chi connectivity index (χ1v) is 5.63. The van der Waals surface area contributed by atoms with Gasteiger partial charge in [-0.3, -0.25) is 4.98 Å². The van der Waals surface area contributed by atoms with Gasteiger partial charge in [0, 0.05) is 23.3 Å². The molecule has 0 spiro atoms. The third-order valence-corrected chi connectivity index (χ3v) is 2.58. The van der Waals surface area contributed by atoms with Crippen LogP contribution in [0.3, 0.4) is 0 Å². The predicted octanol–water partition coefficient (Wildman–Crippen LogP) is 3.26. The van der Waals surface area contributed by atoms with Gasteiger partial charge in [0.15, 0.2) is 0 Å². The van der Waals surface area contributed by atoms with E-state index in [0.717, 1.165) is 12.1 Å². The molecule has 0 aliphatic heterocycles. The molecule has 2 aromatic rings. The first kappa shape index (κ1) is 12.0. The minimum Gasteiger partial charge on any atom is -0.316 e. The molecule has 4 heteroatoms. The summed E-state index contributed by atoms with van der Waals surface area (Å²) in [5, 5.41) is 3.42. The van der Waals surface area contributed by atoms with Crippen LogP contribution >= 0.6 is 11.6 Å². The van der Waals surface area contributed by atoms with Crippen LogP contribution in [0.1, 0.15) is 5.56 Å². The summed E-state index contributed by atoms with van der Waals surface area (Å²) in [5.74, 6) is -0.353. The van der Waals surface area contributed by atoms with Crippen molar-refractivity contribution >= 4 is 11.6 Å². The van der Waals surface area contributed by atoms with Gasteiger partial charge in [-0.25, -0.2) is 4.39 Å². The van der Waals surface area contributed by atoms with Crippen LogP contribution in [0.15, 0.2) is 36.5 Å². The zero-order valence-electron chi connectivity index (χ0n) is 9.37. The van der Waals surface area contributed by atoms with E-state index in [1.165, 1.54) is 12.1 Å². The lowest BCUT2D eigenvalue weighted by Gasteiger charge is -2.04. The third kappa shape index (κ3) is 3.02. The summed E-state index contributed by atoms with van der Waals surface area (Å²) in [6, 6.07) is 8.21. The molecule has 0 saturated carbocycles. The molecule has 1 aromatic heterocycles. The maximum absolute atomic E-state index is 13.2. The summed E-state index contributed by atoms with van der Waals surface area (Å²) < 4.78 is 13.2. The molecule has 0 aliphatic carbocycles. The quantitative estimate of drug-likeness (QED) is 0.905. The van der Waals surface area contributed by atoms with E-state index in [-0.39, 0.29) is 5.82 Å². The van der Waals surface area contributed by atoms with Gasteiger partial charge in [0.2, 0.25) is 0 Å². The second-order valence-corrected chi connectivity index (χ2v) is 4.18. The molecule has 2 rings (SSSR count). The average Bonchev–Trinajstić information content (AvgIpc) is 2.29. The van der Waals surface area contributed by atoms with Crippen molar-refractivity contribution in [3.63, 3.8) is 0 Å². The lowest BCUT2D eigenvalue weighted by Crippen LogP contribution is -2.05. The Morgan fingerprint density at radius 2 is 2.12 bits per heavy atom. The fraction of sp³-hybridized carbons (Fsp3) is 0.154. The van der Waals surface area contributed by atoms with E-state index >= 15 is 0 Å². The highest BCUT2D eigenvalue weighted by molar-refractivity contribution is 6.30. The van der Waals surface area contributed by atoms with Crippen molar-refractivity contribution in [1.29, 1.82) is 0 Å². The van der Waals surface area contributed by atoms with E-state index in [1.54, 1.807) is 12.3 Å². The van der Waals surface area contributed by atoms with E-state index in [0.29, 0.717) is 16.3 Å². The van der Waals surface area contributed by atoms with Crippen molar-refractivity contribution in [2.24, 2.45) is 0 Å². The van der Waals surface area contributed by atoms with Crippen molar-refractivity contribution in [2.45, 2.75) is 6.54 Å². The van der Waals surface area contributed by atoms with Gasteiger partial charge in [0.05, 0.1) is 5.69 Å². The summed E-state index contributed by atoms with van der Waals surface area (Å²) in [4.78, 5) is 4.28. The van der Waals surface area contributed by atoms with Crippen molar-refractivity contribution in [3.8, 4) is 11.3 Å². The molecule has 88 valence electrons. The Hall–Kier alpha value is -1.45. The van der Waals surface area contributed by atoms with E-state index in [9.17, 15) is 4.39 Å². The highest BCUT2D eigenvalue weighted by atomic mass is 35.5. The van der Waals surface area contributed by atoms with Crippen molar-refractivity contribution < 1.29 is 4.39 Å². The van der Waals surface area contributed by atoms with Crippen molar-refractivity contribution in [1.82, 2.24) is 10.3 Å². The summed E-state index contributed by atoms with van der Waals surface area (Å²) in [6.45, 7) is 0.761. The number of aromatic nitrogens is 1. The first-order chi connectivity index (χ1) is 8.19. The number of halogens is 2. The Kier molecular flexibility index (Phi) is 3.71. The zero-order chi connectivity index (χ0) is 12.3. The van der Waals surface area contributed by atoms with Gasteiger partial charge in [-0.05, 0) is 36.9 Å². The lowest BCUT2D eigenvalue weighted by molar-refractivity contribution is 0.628. The van der Waals surface area contributed by atoms with Crippen LogP contribution in [-0.2, 0) is 6.54 Å². The Balaban J connectivity index is 2.32. The van der Waals surface area contributed by atoms with Gasteiger partial charge in [-0.15, -0.1) is 0 Å². The number of benzene rings is 1. The largest absolute Gasteiger partial charge is 0.316 e.